The van der Waals surface area contributed by atoms with Gasteiger partial charge in [-0.3, -0.25) is 0 Å². The number of hydrogen-bond acceptors (Lipinski definition) is 0. The number of benzene rings is 2. The predicted octanol–water partition coefficient (Wildman–Crippen LogP) is 10.4. The molecule has 4 heterocycles. The number of aryl methyl sites for hydroxylation is 1. The average molecular weight is 587 g/mol. The molecule has 6 rings (SSSR count). The predicted molar refractivity (Wildman–Crippen MR) is 189 cm³/mol. The zero-order valence-corrected chi connectivity index (χ0v) is 28.7. The number of pyridine rings is 2. The number of hydrogen-bond donors (Lipinski definition) is 0. The first kappa shape index (κ1) is 33.1. The minimum atomic E-state index is 0.0894. The van der Waals surface area contributed by atoms with Crippen LogP contribution in [0.2, 0.25) is 0 Å². The molecule has 2 heteroatoms. The van der Waals surface area contributed by atoms with Gasteiger partial charge < -0.3 is 0 Å². The highest BCUT2D eigenvalue weighted by Crippen LogP contribution is 2.51. The molecule has 2 unspecified atom stereocenters. The Bertz CT molecular complexity index is 1640. The van der Waals surface area contributed by atoms with Gasteiger partial charge in [0.25, 0.3) is 0 Å². The molecular weight excluding hydrogens is 532 g/mol. The molecule has 0 fully saturated rings. The number of fused-ring (bicyclic) bond motifs is 6. The van der Waals surface area contributed by atoms with Crippen LogP contribution in [0, 0.1) is 12.8 Å². The maximum atomic E-state index is 3.97. The molecule has 0 amide bonds. The Hall–Kier alpha value is -3.78. The summed E-state index contributed by atoms with van der Waals surface area (Å²) in [5.41, 5.74) is 12.4. The van der Waals surface area contributed by atoms with Crippen molar-refractivity contribution in [1.29, 1.82) is 0 Å². The lowest BCUT2D eigenvalue weighted by Crippen LogP contribution is -2.69. The largest absolute Gasteiger partial charge is 0.213 e. The Kier molecular flexibility index (Phi) is 10.5. The zero-order chi connectivity index (χ0) is 32.1. The highest BCUT2D eigenvalue weighted by atomic mass is 15.1. The van der Waals surface area contributed by atoms with Gasteiger partial charge in [0, 0.05) is 43.2 Å². The quantitative estimate of drug-likeness (QED) is 0.138. The topological polar surface area (TPSA) is 7.76 Å². The Morgan fingerprint density at radius 1 is 0.886 bits per heavy atom. The van der Waals surface area contributed by atoms with Crippen LogP contribution in [0.3, 0.4) is 0 Å². The lowest BCUT2D eigenvalue weighted by atomic mass is 9.57. The van der Waals surface area contributed by atoms with E-state index < -0.39 is 0 Å². The Morgan fingerprint density at radius 2 is 1.61 bits per heavy atom. The molecule has 44 heavy (non-hydrogen) atoms. The molecule has 0 spiro atoms. The van der Waals surface area contributed by atoms with Crippen molar-refractivity contribution in [1.82, 2.24) is 0 Å². The summed E-state index contributed by atoms with van der Waals surface area (Å²) < 4.78 is 4.83. The van der Waals surface area contributed by atoms with Crippen LogP contribution in [-0.2, 0) is 17.5 Å². The van der Waals surface area contributed by atoms with Crippen molar-refractivity contribution in [3.63, 3.8) is 0 Å². The van der Waals surface area contributed by atoms with E-state index in [9.17, 15) is 0 Å². The first-order chi connectivity index (χ1) is 21.2. The fraction of sp³-hybridized carbons (Fsp3) is 0.381. The van der Waals surface area contributed by atoms with E-state index in [1.807, 2.05) is 19.9 Å². The van der Waals surface area contributed by atoms with Gasteiger partial charge in [-0.25, -0.2) is 0 Å². The van der Waals surface area contributed by atoms with E-state index in [0.717, 1.165) is 19.4 Å². The van der Waals surface area contributed by atoms with Gasteiger partial charge in [-0.05, 0) is 66.6 Å². The molecule has 2 aliphatic rings. The monoisotopic (exact) mass is 586 g/mol. The van der Waals surface area contributed by atoms with E-state index in [1.54, 1.807) is 0 Å². The van der Waals surface area contributed by atoms with Crippen LogP contribution < -0.4 is 9.13 Å². The maximum Gasteiger partial charge on any atom is 0.213 e. The van der Waals surface area contributed by atoms with Crippen LogP contribution in [0.4, 0.5) is 0 Å². The zero-order valence-electron chi connectivity index (χ0n) is 28.7. The first-order valence-corrected chi connectivity index (χ1v) is 16.8. The highest BCUT2D eigenvalue weighted by molar-refractivity contribution is 5.78. The van der Waals surface area contributed by atoms with Crippen LogP contribution in [0.15, 0.2) is 104 Å². The second-order valence-electron chi connectivity index (χ2n) is 12.7. The van der Waals surface area contributed by atoms with E-state index in [1.165, 1.54) is 56.8 Å². The third kappa shape index (κ3) is 5.72. The van der Waals surface area contributed by atoms with E-state index in [0.29, 0.717) is 5.92 Å². The van der Waals surface area contributed by atoms with Gasteiger partial charge in [-0.15, -0.1) is 0 Å². The summed E-state index contributed by atoms with van der Waals surface area (Å²) in [7, 11) is 0. The van der Waals surface area contributed by atoms with E-state index in [4.69, 9.17) is 0 Å². The summed E-state index contributed by atoms with van der Waals surface area (Å²) in [5.74, 6) is 0.574. The van der Waals surface area contributed by atoms with Crippen molar-refractivity contribution in [2.75, 3.05) is 0 Å². The fourth-order valence-electron chi connectivity index (χ4n) is 7.20. The minimum Gasteiger partial charge on any atom is -0.194 e. The van der Waals surface area contributed by atoms with Crippen molar-refractivity contribution in [3.05, 3.63) is 126 Å². The van der Waals surface area contributed by atoms with Crippen LogP contribution >= 0.6 is 0 Å². The van der Waals surface area contributed by atoms with Crippen LogP contribution in [0.5, 0.6) is 0 Å². The second-order valence-corrected chi connectivity index (χ2v) is 12.7. The summed E-state index contributed by atoms with van der Waals surface area (Å²) >= 11 is 0. The fourth-order valence-corrected chi connectivity index (χ4v) is 7.20. The molecule has 0 N–H and O–H groups in total. The van der Waals surface area contributed by atoms with Crippen molar-refractivity contribution >= 4 is 5.57 Å². The van der Waals surface area contributed by atoms with Crippen molar-refractivity contribution in [2.45, 2.75) is 99.1 Å². The van der Waals surface area contributed by atoms with Gasteiger partial charge in [0.2, 0.25) is 11.4 Å². The third-order valence-electron chi connectivity index (χ3n) is 10.2. The molecule has 2 nitrogen and oxygen atoms in total. The SMILES string of the molecule is C=C/C(=C\CCC)c1ccc2c(c1)-c1cc(C)cc[n+]1C2.CC.CCC1(C)[n+]2ccccc2-c2ccccc2C1(C)C(C)C. The molecule has 4 aromatic rings. The molecule has 2 aromatic heterocycles. The summed E-state index contributed by atoms with van der Waals surface area (Å²) in [4.78, 5) is 0. The molecule has 230 valence electrons. The van der Waals surface area contributed by atoms with Gasteiger partial charge in [-0.1, -0.05) is 97.0 Å². The Morgan fingerprint density at radius 3 is 2.30 bits per heavy atom. The van der Waals surface area contributed by atoms with E-state index in [2.05, 4.69) is 155 Å². The van der Waals surface area contributed by atoms with Gasteiger partial charge in [-0.2, -0.15) is 9.13 Å². The normalized spacial score (nSPS) is 19.4. The molecule has 0 bridgehead atoms. The summed E-state index contributed by atoms with van der Waals surface area (Å²) in [5, 5.41) is 0. The van der Waals surface area contributed by atoms with Crippen LogP contribution in [0.1, 0.15) is 96.9 Å². The molecule has 2 aromatic carbocycles. The number of nitrogens with zero attached hydrogens (tertiary/aromatic N) is 2. The van der Waals surface area contributed by atoms with Gasteiger partial charge in [0.05, 0.1) is 16.5 Å². The smallest absolute Gasteiger partial charge is 0.194 e. The lowest BCUT2D eigenvalue weighted by molar-refractivity contribution is -0.766. The lowest BCUT2D eigenvalue weighted by Gasteiger charge is -2.48. The van der Waals surface area contributed by atoms with Gasteiger partial charge >= 0.3 is 0 Å². The highest BCUT2D eigenvalue weighted by Gasteiger charge is 2.58. The molecule has 0 aliphatic carbocycles. The number of rotatable bonds is 6. The first-order valence-electron chi connectivity index (χ1n) is 16.8. The van der Waals surface area contributed by atoms with Crippen LogP contribution in [-0.4, -0.2) is 0 Å². The summed E-state index contributed by atoms with van der Waals surface area (Å²) in [6, 6.07) is 26.8. The standard InChI is InChI=1S/C20H26N.C20H22N.C2H6/c1-6-19(4)20(5,15(2)3)17-12-8-7-11-16(17)18-13-9-10-14-21(18)19;1-4-6-7-16(5-2)17-8-9-18-14-21-11-10-15(3)12-20(21)19(18)13-17;1-2/h7-15H,6H2,1-5H3;5,7-13H,2,4,6,14H2,1,3H3;1-2H3/q2*+1;/b;16-7+;. The Balaban J connectivity index is 0.000000190. The van der Waals surface area contributed by atoms with E-state index >= 15 is 0 Å². The van der Waals surface area contributed by atoms with Crippen molar-refractivity contribution in [2.24, 2.45) is 5.92 Å². The molecule has 2 aliphatic heterocycles. The van der Waals surface area contributed by atoms with Crippen LogP contribution in [0.25, 0.3) is 28.1 Å². The van der Waals surface area contributed by atoms with Gasteiger partial charge in [0.1, 0.15) is 0 Å². The molecule has 0 radical (unpaired) electrons. The Labute approximate surface area is 267 Å². The molecule has 2 atom stereocenters. The number of unbranched alkanes of at least 4 members (excludes halogenated alkanes) is 1. The average Bonchev–Trinajstić information content (AvgIpc) is 3.42. The van der Waals surface area contributed by atoms with Gasteiger partial charge in [0.15, 0.2) is 24.5 Å². The minimum absolute atomic E-state index is 0.0894. The van der Waals surface area contributed by atoms with E-state index in [-0.39, 0.29) is 11.0 Å². The number of allylic oxidation sites excluding steroid dienone is 3. The van der Waals surface area contributed by atoms with Crippen molar-refractivity contribution in [3.8, 4) is 22.5 Å². The summed E-state index contributed by atoms with van der Waals surface area (Å²) in [6.45, 7) is 25.2. The molecule has 0 saturated carbocycles. The third-order valence-corrected chi connectivity index (χ3v) is 10.2. The van der Waals surface area contributed by atoms with Crippen molar-refractivity contribution < 1.29 is 9.13 Å². The maximum absolute atomic E-state index is 3.97. The number of aromatic nitrogens is 2. The molecular formula is C42H54N2+2. The summed E-state index contributed by atoms with van der Waals surface area (Å²) in [6.07, 6.45) is 12.1. The molecule has 0 saturated heterocycles. The second kappa shape index (κ2) is 13.9.